The van der Waals surface area contributed by atoms with Gasteiger partial charge in [0.15, 0.2) is 0 Å². The molecular formula is C21H33FNO4SY-. The number of halogens is 1. The number of sulfonamides is 1. The van der Waals surface area contributed by atoms with Gasteiger partial charge in [0.25, 0.3) is 0 Å². The van der Waals surface area contributed by atoms with E-state index in [0.717, 1.165) is 55.5 Å². The van der Waals surface area contributed by atoms with Gasteiger partial charge in [0, 0.05) is 44.7 Å². The fourth-order valence-electron chi connectivity index (χ4n) is 3.98. The van der Waals surface area contributed by atoms with Crippen molar-refractivity contribution in [1.82, 2.24) is 0 Å². The zero-order chi connectivity index (χ0) is 20.8. The number of rotatable bonds is 12. The molecule has 2 rings (SSSR count). The molecule has 8 heteroatoms. The molecule has 5 nitrogen and oxygen atoms in total. The van der Waals surface area contributed by atoms with Crippen molar-refractivity contribution in [1.29, 1.82) is 0 Å². The fourth-order valence-corrected chi connectivity index (χ4v) is 4.88. The van der Waals surface area contributed by atoms with Crippen LogP contribution in [0.5, 0.6) is 0 Å². The van der Waals surface area contributed by atoms with Crippen LogP contribution in [-0.4, -0.2) is 39.5 Å². The number of unbranched alkanes of at least 4 members (excludes halogenated alkanes) is 1. The summed E-state index contributed by atoms with van der Waals surface area (Å²) in [5, 5.41) is 11.0. The summed E-state index contributed by atoms with van der Waals surface area (Å²) < 4.78 is 45.5. The molecule has 163 valence electrons. The zero-order valence-corrected chi connectivity index (χ0v) is 21.2. The Kier molecular flexibility index (Phi) is 11.2. The van der Waals surface area contributed by atoms with Crippen molar-refractivity contribution in [3.05, 3.63) is 36.5 Å². The minimum atomic E-state index is -3.61. The zero-order valence-electron chi connectivity index (χ0n) is 17.6. The summed E-state index contributed by atoms with van der Waals surface area (Å²) in [6.45, 7) is 6.62. The van der Waals surface area contributed by atoms with Crippen LogP contribution < -0.4 is 4.31 Å². The van der Waals surface area contributed by atoms with Crippen LogP contribution in [0.15, 0.2) is 18.2 Å². The Morgan fingerprint density at radius 1 is 1.31 bits per heavy atom. The summed E-state index contributed by atoms with van der Waals surface area (Å²) in [6, 6.07) is 4.11. The number of hydrogen-bond acceptors (Lipinski definition) is 4. The molecule has 0 aliphatic heterocycles. The van der Waals surface area contributed by atoms with E-state index >= 15 is 0 Å². The maximum absolute atomic E-state index is 14.4. The Balaban J connectivity index is 0.00000420. The summed E-state index contributed by atoms with van der Waals surface area (Å²) in [5.74, 6) is -0.552. The first-order chi connectivity index (χ1) is 13.2. The van der Waals surface area contributed by atoms with Crippen molar-refractivity contribution in [3.63, 3.8) is 0 Å². The molecule has 1 aromatic rings. The van der Waals surface area contributed by atoms with E-state index in [1.54, 1.807) is 6.07 Å². The average Bonchev–Trinajstić information content (AvgIpc) is 2.59. The van der Waals surface area contributed by atoms with Crippen molar-refractivity contribution >= 4 is 15.7 Å². The van der Waals surface area contributed by atoms with E-state index in [1.807, 2.05) is 0 Å². The van der Waals surface area contributed by atoms with Crippen LogP contribution in [-0.2, 0) is 47.5 Å². The molecule has 0 aromatic heterocycles. The molecule has 29 heavy (non-hydrogen) atoms. The predicted molar refractivity (Wildman–Crippen MR) is 110 cm³/mol. The van der Waals surface area contributed by atoms with E-state index in [1.165, 1.54) is 12.1 Å². The molecule has 1 aliphatic carbocycles. The first kappa shape index (κ1) is 27.0. The summed E-state index contributed by atoms with van der Waals surface area (Å²) in [6.07, 6.45) is 6.52. The average molecular weight is 503 g/mol. The Bertz CT molecular complexity index is 740. The Hall–Kier alpha value is -0.0761. The second-order valence-corrected chi connectivity index (χ2v) is 9.67. The number of benzene rings is 1. The van der Waals surface area contributed by atoms with Gasteiger partial charge in [0.2, 0.25) is 10.0 Å². The molecule has 1 aliphatic rings. The number of anilines is 1. The second kappa shape index (κ2) is 12.1. The molecule has 1 radical (unpaired) electrons. The van der Waals surface area contributed by atoms with Crippen LogP contribution in [0, 0.1) is 18.2 Å². The van der Waals surface area contributed by atoms with E-state index in [4.69, 9.17) is 4.74 Å². The molecule has 0 saturated heterocycles. The van der Waals surface area contributed by atoms with Gasteiger partial charge >= 0.3 is 0 Å². The third-order valence-corrected chi connectivity index (χ3v) is 6.76. The van der Waals surface area contributed by atoms with E-state index in [2.05, 4.69) is 13.8 Å². The molecule has 1 atom stereocenters. The van der Waals surface area contributed by atoms with Crippen LogP contribution in [0.2, 0.25) is 0 Å². The van der Waals surface area contributed by atoms with Crippen molar-refractivity contribution in [2.45, 2.75) is 58.0 Å². The standard InChI is InChI=1S/C21H33FNO4S.Y/c1-4-6-12-27-13-11-23(28(3,25)26)19-15-17(14-18(22)16-19)20(24)21(8-5-2)9-7-10-21;/h14-16,20,24H,1,4-13H2,2-3H3;/q-1;. The van der Waals surface area contributed by atoms with E-state index in [0.29, 0.717) is 12.2 Å². The monoisotopic (exact) mass is 503 g/mol. The minimum Gasteiger partial charge on any atom is -0.388 e. The molecule has 1 unspecified atom stereocenters. The maximum Gasteiger partial charge on any atom is 0.232 e. The van der Waals surface area contributed by atoms with Crippen LogP contribution in [0.1, 0.15) is 63.5 Å². The van der Waals surface area contributed by atoms with E-state index in [-0.39, 0.29) is 57.0 Å². The normalized spacial score (nSPS) is 16.6. The van der Waals surface area contributed by atoms with E-state index < -0.39 is 21.9 Å². The van der Waals surface area contributed by atoms with Gasteiger partial charge < -0.3 is 16.8 Å². The van der Waals surface area contributed by atoms with Crippen molar-refractivity contribution in [3.8, 4) is 0 Å². The van der Waals surface area contributed by atoms with Crippen LogP contribution in [0.4, 0.5) is 10.1 Å². The van der Waals surface area contributed by atoms with Crippen molar-refractivity contribution in [2.75, 3.05) is 30.3 Å². The first-order valence-corrected chi connectivity index (χ1v) is 11.9. The first-order valence-electron chi connectivity index (χ1n) is 10.1. The number of aliphatic hydroxyl groups is 1. The smallest absolute Gasteiger partial charge is 0.232 e. The fraction of sp³-hybridized carbons (Fsp3) is 0.667. The van der Waals surface area contributed by atoms with Gasteiger partial charge in [0.1, 0.15) is 5.82 Å². The molecule has 1 saturated carbocycles. The molecule has 1 aromatic carbocycles. The third-order valence-electron chi connectivity index (χ3n) is 5.56. The SMILES string of the molecule is [CH2-]CCCOCCN(c1cc(F)cc(C(O)C2(CCC)CCC2)c1)S(C)(=O)=O.[Y]. The second-order valence-electron chi connectivity index (χ2n) is 7.77. The van der Waals surface area contributed by atoms with Gasteiger partial charge in [-0.25, -0.2) is 12.8 Å². The van der Waals surface area contributed by atoms with Gasteiger partial charge in [0.05, 0.1) is 31.2 Å². The Labute approximate surface area is 200 Å². The molecule has 0 heterocycles. The molecular weight excluding hydrogens is 470 g/mol. The quantitative estimate of drug-likeness (QED) is 0.343. The summed E-state index contributed by atoms with van der Waals surface area (Å²) >= 11 is 0. The van der Waals surface area contributed by atoms with Crippen molar-refractivity contribution < 1.29 is 55.4 Å². The summed E-state index contributed by atoms with van der Waals surface area (Å²) in [4.78, 5) is 0. The largest absolute Gasteiger partial charge is 0.388 e. The number of hydrogen-bond donors (Lipinski definition) is 1. The molecule has 1 N–H and O–H groups in total. The molecule has 0 spiro atoms. The molecule has 0 bridgehead atoms. The predicted octanol–water partition coefficient (Wildman–Crippen LogP) is 4.22. The van der Waals surface area contributed by atoms with Crippen LogP contribution in [0.25, 0.3) is 0 Å². The van der Waals surface area contributed by atoms with Gasteiger partial charge in [-0.15, -0.1) is 0 Å². The van der Waals surface area contributed by atoms with Crippen molar-refractivity contribution in [2.24, 2.45) is 5.41 Å². The van der Waals surface area contributed by atoms with E-state index in [9.17, 15) is 17.9 Å². The molecule has 0 amide bonds. The number of ether oxygens (including phenoxy) is 1. The van der Waals surface area contributed by atoms with Gasteiger partial charge in [-0.3, -0.25) is 4.31 Å². The molecule has 1 fully saturated rings. The topological polar surface area (TPSA) is 66.8 Å². The third kappa shape index (κ3) is 7.24. The maximum atomic E-state index is 14.4. The van der Waals surface area contributed by atoms with Crippen LogP contribution in [0.3, 0.4) is 0 Å². The number of aliphatic hydroxyl groups excluding tert-OH is 1. The minimum absolute atomic E-state index is 0. The summed E-state index contributed by atoms with van der Waals surface area (Å²) in [5.41, 5.74) is 0.436. The Morgan fingerprint density at radius 3 is 2.52 bits per heavy atom. The van der Waals surface area contributed by atoms with Gasteiger partial charge in [-0.05, 0) is 43.0 Å². The Morgan fingerprint density at radius 2 is 2.00 bits per heavy atom. The van der Waals surface area contributed by atoms with Crippen LogP contribution >= 0.6 is 0 Å². The number of nitrogens with zero attached hydrogens (tertiary/aromatic N) is 1. The summed E-state index contributed by atoms with van der Waals surface area (Å²) in [7, 11) is -3.61. The van der Waals surface area contributed by atoms with Gasteiger partial charge in [-0.1, -0.05) is 26.2 Å². The van der Waals surface area contributed by atoms with Gasteiger partial charge in [-0.2, -0.15) is 6.42 Å².